The summed E-state index contributed by atoms with van der Waals surface area (Å²) in [5.74, 6) is -1.15. The van der Waals surface area contributed by atoms with E-state index in [1.165, 1.54) is 21.1 Å². The van der Waals surface area contributed by atoms with Gasteiger partial charge < -0.3 is 19.4 Å². The van der Waals surface area contributed by atoms with Crippen molar-refractivity contribution < 1.29 is 27.5 Å². The van der Waals surface area contributed by atoms with E-state index >= 15 is 0 Å². The average molecular weight is 533 g/mol. The number of nitrogens with one attached hydrogen (secondary N) is 1. The molecule has 2 atom stereocenters. The molecule has 0 aromatic carbocycles. The Balaban J connectivity index is 1.75. The molecule has 2 aliphatic heterocycles. The van der Waals surface area contributed by atoms with Crippen LogP contribution < -0.4 is 4.72 Å². The van der Waals surface area contributed by atoms with Crippen LogP contribution in [-0.2, 0) is 29.1 Å². The number of thiophene rings is 1. The van der Waals surface area contributed by atoms with Crippen molar-refractivity contribution >= 4 is 56.3 Å². The minimum Gasteiger partial charge on any atom is -0.378 e. The minimum absolute atomic E-state index is 0.163. The Kier molecular flexibility index (Phi) is 8.74. The summed E-state index contributed by atoms with van der Waals surface area (Å²) in [5, 5.41) is 1.07. The van der Waals surface area contributed by atoms with Crippen molar-refractivity contribution in [2.75, 3.05) is 46.9 Å². The molecule has 10 nitrogen and oxygen atoms in total. The first-order chi connectivity index (χ1) is 16.0. The zero-order valence-corrected chi connectivity index (χ0v) is 21.7. The molecule has 1 N–H and O–H groups in total. The van der Waals surface area contributed by atoms with Gasteiger partial charge in [0.2, 0.25) is 27.7 Å². The summed E-state index contributed by atoms with van der Waals surface area (Å²) in [6.07, 6.45) is 0.0192. The lowest BCUT2D eigenvalue weighted by Gasteiger charge is -2.34. The molecule has 3 rings (SSSR count). The molecule has 0 radical (unpaired) electrons. The summed E-state index contributed by atoms with van der Waals surface area (Å²) in [6, 6.07) is 1.38. The van der Waals surface area contributed by atoms with Crippen LogP contribution in [0.3, 0.4) is 0 Å². The molecule has 0 saturated carbocycles. The maximum atomic E-state index is 13.2. The average Bonchev–Trinajstić information content (AvgIpc) is 3.37. The molecule has 13 heteroatoms. The lowest BCUT2D eigenvalue weighted by atomic mass is 10.1. The predicted molar refractivity (Wildman–Crippen MR) is 130 cm³/mol. The Bertz CT molecular complexity index is 1070. The molecule has 2 aliphatic rings. The predicted octanol–water partition coefficient (Wildman–Crippen LogP) is 0.988. The number of sulfonamides is 1. The van der Waals surface area contributed by atoms with Crippen molar-refractivity contribution in [1.29, 1.82) is 0 Å². The third kappa shape index (κ3) is 6.57. The number of amides is 3. The van der Waals surface area contributed by atoms with Crippen LogP contribution in [0, 0.1) is 0 Å². The third-order valence-corrected chi connectivity index (χ3v) is 8.33. The first-order valence-corrected chi connectivity index (χ1v) is 13.6. The largest absolute Gasteiger partial charge is 0.378 e. The quantitative estimate of drug-likeness (QED) is 0.533. The second kappa shape index (κ2) is 11.2. The Morgan fingerprint density at radius 3 is 2.56 bits per heavy atom. The highest BCUT2D eigenvalue weighted by Crippen LogP contribution is 2.28. The van der Waals surface area contributed by atoms with Gasteiger partial charge >= 0.3 is 0 Å². The van der Waals surface area contributed by atoms with Crippen LogP contribution in [0.25, 0.3) is 5.57 Å². The van der Waals surface area contributed by atoms with Gasteiger partial charge in [-0.3, -0.25) is 14.4 Å². The van der Waals surface area contributed by atoms with E-state index in [2.05, 4.69) is 4.72 Å². The fourth-order valence-electron chi connectivity index (χ4n) is 3.84. The standard InChI is InChI=1S/C21H29ClN4O6S2/c1-14(17-4-5-18(22)33-17)13-34(30,31)23-15-6-7-26(20(15)28)16(12-19(27)24(2)3)21(29)25-8-10-32-11-9-25/h4-5,13,15-16,23H,6-12H2,1-3H3/b14-13-/t15-,16-/m0/s1. The molecule has 0 bridgehead atoms. The molecule has 0 aliphatic carbocycles. The van der Waals surface area contributed by atoms with E-state index in [-0.39, 0.29) is 31.2 Å². The van der Waals surface area contributed by atoms with Crippen LogP contribution in [0.1, 0.15) is 24.6 Å². The van der Waals surface area contributed by atoms with Crippen molar-refractivity contribution in [3.63, 3.8) is 0 Å². The molecule has 2 fully saturated rings. The minimum atomic E-state index is -3.95. The number of ether oxygens (including phenoxy) is 1. The maximum absolute atomic E-state index is 13.2. The topological polar surface area (TPSA) is 116 Å². The van der Waals surface area contributed by atoms with Crippen LogP contribution in [0.2, 0.25) is 4.34 Å². The van der Waals surface area contributed by atoms with Gasteiger partial charge in [-0.2, -0.15) is 4.72 Å². The maximum Gasteiger partial charge on any atom is 0.246 e. The number of halogens is 1. The molecule has 1 aromatic rings. The number of hydrogen-bond donors (Lipinski definition) is 1. The van der Waals surface area contributed by atoms with Gasteiger partial charge in [-0.05, 0) is 31.1 Å². The van der Waals surface area contributed by atoms with Crippen LogP contribution in [-0.4, -0.2) is 99.9 Å². The Morgan fingerprint density at radius 2 is 1.97 bits per heavy atom. The summed E-state index contributed by atoms with van der Waals surface area (Å²) in [4.78, 5) is 43.8. The summed E-state index contributed by atoms with van der Waals surface area (Å²) in [7, 11) is -0.785. The van der Waals surface area contributed by atoms with Crippen molar-refractivity contribution in [3.05, 3.63) is 26.8 Å². The first kappa shape index (κ1) is 26.6. The molecule has 0 spiro atoms. The monoisotopic (exact) mass is 532 g/mol. The van der Waals surface area contributed by atoms with Gasteiger partial charge in [0.25, 0.3) is 0 Å². The lowest BCUT2D eigenvalue weighted by molar-refractivity contribution is -0.149. The number of carbonyl (C=O) groups is 3. The molecule has 188 valence electrons. The van der Waals surface area contributed by atoms with E-state index in [0.29, 0.717) is 41.1 Å². The van der Waals surface area contributed by atoms with Gasteiger partial charge in [0.15, 0.2) is 0 Å². The van der Waals surface area contributed by atoms with Gasteiger partial charge in [-0.1, -0.05) is 11.6 Å². The van der Waals surface area contributed by atoms with Crippen LogP contribution >= 0.6 is 22.9 Å². The van der Waals surface area contributed by atoms with Crippen molar-refractivity contribution in [2.24, 2.45) is 0 Å². The fourth-order valence-corrected chi connectivity index (χ4v) is 6.21. The Morgan fingerprint density at radius 1 is 1.29 bits per heavy atom. The summed E-state index contributed by atoms with van der Waals surface area (Å²) >= 11 is 7.18. The Hall–Kier alpha value is -1.99. The highest BCUT2D eigenvalue weighted by molar-refractivity contribution is 7.92. The molecule has 34 heavy (non-hydrogen) atoms. The second-order valence-electron chi connectivity index (χ2n) is 8.39. The number of hydrogen-bond acceptors (Lipinski definition) is 7. The molecule has 2 saturated heterocycles. The lowest BCUT2D eigenvalue weighted by Crippen LogP contribution is -2.54. The Labute approximate surface area is 208 Å². The molecular formula is C21H29ClN4O6S2. The van der Waals surface area contributed by atoms with E-state index in [1.54, 1.807) is 38.1 Å². The van der Waals surface area contributed by atoms with Crippen molar-refractivity contribution in [3.8, 4) is 0 Å². The third-order valence-electron chi connectivity index (χ3n) is 5.69. The second-order valence-corrected chi connectivity index (χ2v) is 11.7. The smallest absolute Gasteiger partial charge is 0.246 e. The summed E-state index contributed by atoms with van der Waals surface area (Å²) < 4.78 is 33.7. The number of carbonyl (C=O) groups excluding carboxylic acids is 3. The fraction of sp³-hybridized carbons (Fsp3) is 0.571. The number of rotatable bonds is 8. The van der Waals surface area contributed by atoms with Crippen LogP contribution in [0.5, 0.6) is 0 Å². The van der Waals surface area contributed by atoms with Crippen molar-refractivity contribution in [2.45, 2.75) is 31.8 Å². The van der Waals surface area contributed by atoms with E-state index in [9.17, 15) is 22.8 Å². The summed E-state index contributed by atoms with van der Waals surface area (Å²) in [6.45, 7) is 3.33. The SMILES string of the molecule is C/C(=C/S(=O)(=O)N[C@H]1CCN([C@@H](CC(=O)N(C)C)C(=O)N2CCOCC2)C1=O)c1ccc(Cl)s1. The van der Waals surface area contributed by atoms with E-state index in [0.717, 1.165) is 5.41 Å². The normalized spacial score (nSPS) is 20.5. The zero-order chi connectivity index (χ0) is 25.0. The van der Waals surface area contributed by atoms with E-state index < -0.39 is 28.0 Å². The van der Waals surface area contributed by atoms with Gasteiger partial charge in [-0.15, -0.1) is 11.3 Å². The van der Waals surface area contributed by atoms with E-state index in [1.807, 2.05) is 0 Å². The van der Waals surface area contributed by atoms with E-state index in [4.69, 9.17) is 16.3 Å². The molecular weight excluding hydrogens is 504 g/mol. The van der Waals surface area contributed by atoms with Crippen molar-refractivity contribution in [1.82, 2.24) is 19.4 Å². The molecule has 0 unspecified atom stereocenters. The number of morpholine rings is 1. The van der Waals surface area contributed by atoms with Gasteiger partial charge in [0.05, 0.1) is 29.4 Å². The number of likely N-dealkylation sites (tertiary alicyclic amines) is 1. The number of nitrogens with zero attached hydrogens (tertiary/aromatic N) is 3. The van der Waals surface area contributed by atoms with Gasteiger partial charge in [0, 0.05) is 38.6 Å². The highest BCUT2D eigenvalue weighted by Gasteiger charge is 2.42. The van der Waals surface area contributed by atoms with Gasteiger partial charge in [-0.25, -0.2) is 8.42 Å². The molecule has 1 aromatic heterocycles. The van der Waals surface area contributed by atoms with Crippen LogP contribution in [0.15, 0.2) is 17.5 Å². The zero-order valence-electron chi connectivity index (χ0n) is 19.3. The first-order valence-electron chi connectivity index (χ1n) is 10.8. The van der Waals surface area contributed by atoms with Gasteiger partial charge in [0.1, 0.15) is 12.1 Å². The summed E-state index contributed by atoms with van der Waals surface area (Å²) in [5.41, 5.74) is 0.489. The molecule has 3 amide bonds. The van der Waals surface area contributed by atoms with Crippen LogP contribution in [0.4, 0.5) is 0 Å². The number of allylic oxidation sites excluding steroid dienone is 1. The molecule has 3 heterocycles. The highest BCUT2D eigenvalue weighted by atomic mass is 35.5.